The molecule has 0 saturated carbocycles. The zero-order chi connectivity index (χ0) is 12.6. The van der Waals surface area contributed by atoms with Gasteiger partial charge in [-0.3, -0.25) is 4.79 Å². The number of nitrogens with one attached hydrogen (secondary N) is 1. The molecule has 0 fully saturated rings. The maximum absolute atomic E-state index is 11.1. The highest BCUT2D eigenvalue weighted by molar-refractivity contribution is 5.86. The van der Waals surface area contributed by atoms with Crippen molar-refractivity contribution in [2.75, 3.05) is 13.2 Å². The molecule has 8 heteroatoms. The SMILES string of the molecule is Cl.NCCCCC(NC(=O)C(O)CO)C(=O)O. The summed E-state index contributed by atoms with van der Waals surface area (Å²) < 4.78 is 0. The molecule has 0 aromatic heterocycles. The number of carboxylic acid groups (broad SMARTS) is 1. The van der Waals surface area contributed by atoms with E-state index in [2.05, 4.69) is 5.32 Å². The smallest absolute Gasteiger partial charge is 0.326 e. The Balaban J connectivity index is 0. The number of carbonyl (C=O) groups excluding carboxylic acids is 1. The molecule has 0 aromatic rings. The van der Waals surface area contributed by atoms with E-state index in [0.717, 1.165) is 0 Å². The van der Waals surface area contributed by atoms with Gasteiger partial charge in [0.15, 0.2) is 6.10 Å². The molecular formula is C9H19ClN2O5. The first-order chi connectivity index (χ1) is 7.52. The van der Waals surface area contributed by atoms with Gasteiger partial charge in [0, 0.05) is 0 Å². The second kappa shape index (κ2) is 10.3. The van der Waals surface area contributed by atoms with Gasteiger partial charge >= 0.3 is 5.97 Å². The molecule has 102 valence electrons. The van der Waals surface area contributed by atoms with E-state index in [4.69, 9.17) is 21.1 Å². The summed E-state index contributed by atoms with van der Waals surface area (Å²) >= 11 is 0. The lowest BCUT2D eigenvalue weighted by atomic mass is 10.1. The number of unbranched alkanes of at least 4 members (excludes halogenated alkanes) is 1. The van der Waals surface area contributed by atoms with Gasteiger partial charge in [0.25, 0.3) is 5.91 Å². The first-order valence-corrected chi connectivity index (χ1v) is 5.05. The van der Waals surface area contributed by atoms with Crippen molar-refractivity contribution in [3.8, 4) is 0 Å². The Morgan fingerprint density at radius 1 is 1.29 bits per heavy atom. The minimum atomic E-state index is -1.59. The summed E-state index contributed by atoms with van der Waals surface area (Å²) in [6.45, 7) is -0.277. The van der Waals surface area contributed by atoms with Crippen molar-refractivity contribution in [2.24, 2.45) is 5.73 Å². The summed E-state index contributed by atoms with van der Waals surface area (Å²) in [5, 5.41) is 28.4. The number of carboxylic acids is 1. The number of rotatable bonds is 8. The van der Waals surface area contributed by atoms with Crippen LogP contribution in [0.25, 0.3) is 0 Å². The van der Waals surface area contributed by atoms with Gasteiger partial charge in [-0.15, -0.1) is 12.4 Å². The Kier molecular flexibility index (Phi) is 11.2. The van der Waals surface area contributed by atoms with E-state index >= 15 is 0 Å². The average molecular weight is 271 g/mol. The van der Waals surface area contributed by atoms with Crippen LogP contribution in [0.4, 0.5) is 0 Å². The number of amides is 1. The Labute approximate surface area is 105 Å². The van der Waals surface area contributed by atoms with Crippen LogP contribution in [0.3, 0.4) is 0 Å². The van der Waals surface area contributed by atoms with Gasteiger partial charge in [-0.25, -0.2) is 4.79 Å². The molecule has 0 rings (SSSR count). The number of carbonyl (C=O) groups is 2. The van der Waals surface area contributed by atoms with Crippen LogP contribution < -0.4 is 11.1 Å². The highest BCUT2D eigenvalue weighted by Crippen LogP contribution is 2.01. The van der Waals surface area contributed by atoms with Crippen LogP contribution in [0.2, 0.25) is 0 Å². The Bertz CT molecular complexity index is 239. The van der Waals surface area contributed by atoms with Crippen LogP contribution in [-0.2, 0) is 9.59 Å². The highest BCUT2D eigenvalue weighted by atomic mass is 35.5. The minimum Gasteiger partial charge on any atom is -0.480 e. The molecule has 0 heterocycles. The maximum Gasteiger partial charge on any atom is 0.326 e. The number of halogens is 1. The fraction of sp³-hybridized carbons (Fsp3) is 0.778. The van der Waals surface area contributed by atoms with Gasteiger partial charge in [0.1, 0.15) is 6.04 Å². The van der Waals surface area contributed by atoms with Crippen molar-refractivity contribution in [3.05, 3.63) is 0 Å². The number of nitrogens with two attached hydrogens (primary N) is 1. The number of aliphatic hydroxyl groups is 2. The molecule has 2 atom stereocenters. The quantitative estimate of drug-likeness (QED) is 0.340. The number of aliphatic carboxylic acids is 1. The number of hydrogen-bond donors (Lipinski definition) is 5. The highest BCUT2D eigenvalue weighted by Gasteiger charge is 2.22. The van der Waals surface area contributed by atoms with Gasteiger partial charge in [-0.2, -0.15) is 0 Å². The zero-order valence-corrected chi connectivity index (χ0v) is 10.2. The van der Waals surface area contributed by atoms with E-state index in [9.17, 15) is 9.59 Å². The van der Waals surface area contributed by atoms with E-state index in [1.807, 2.05) is 0 Å². The van der Waals surface area contributed by atoms with Crippen molar-refractivity contribution >= 4 is 24.3 Å². The molecule has 0 radical (unpaired) electrons. The van der Waals surface area contributed by atoms with Gasteiger partial charge in [0.05, 0.1) is 6.61 Å². The van der Waals surface area contributed by atoms with Crippen molar-refractivity contribution in [3.63, 3.8) is 0 Å². The van der Waals surface area contributed by atoms with Crippen LogP contribution in [0.5, 0.6) is 0 Å². The van der Waals surface area contributed by atoms with Crippen LogP contribution >= 0.6 is 12.4 Å². The molecule has 0 bridgehead atoms. The summed E-state index contributed by atoms with van der Waals surface area (Å²) in [4.78, 5) is 21.9. The monoisotopic (exact) mass is 270 g/mol. The van der Waals surface area contributed by atoms with Gasteiger partial charge in [0.2, 0.25) is 0 Å². The van der Waals surface area contributed by atoms with E-state index in [0.29, 0.717) is 19.4 Å². The molecule has 1 amide bonds. The standard InChI is InChI=1S/C9H18N2O5.ClH/c10-4-2-1-3-6(9(15)16)11-8(14)7(13)5-12;/h6-7,12-13H,1-5,10H2,(H,11,14)(H,15,16);1H. The van der Waals surface area contributed by atoms with Crippen LogP contribution in [-0.4, -0.2) is 52.5 Å². The third kappa shape index (κ3) is 7.92. The first-order valence-electron chi connectivity index (χ1n) is 5.05. The van der Waals surface area contributed by atoms with Crippen molar-refractivity contribution < 1.29 is 24.9 Å². The summed E-state index contributed by atoms with van der Waals surface area (Å²) in [6, 6.07) is -1.06. The molecule has 0 aliphatic carbocycles. The predicted molar refractivity (Wildman–Crippen MR) is 62.8 cm³/mol. The normalized spacial score (nSPS) is 13.4. The predicted octanol–water partition coefficient (Wildman–Crippen LogP) is -1.54. The molecule has 7 nitrogen and oxygen atoms in total. The van der Waals surface area contributed by atoms with E-state index in [1.54, 1.807) is 0 Å². The lowest BCUT2D eigenvalue weighted by Crippen LogP contribution is -2.46. The first kappa shape index (κ1) is 18.5. The number of aliphatic hydroxyl groups excluding tert-OH is 2. The summed E-state index contributed by atoms with van der Waals surface area (Å²) in [5.74, 6) is -2.06. The molecular weight excluding hydrogens is 252 g/mol. The Morgan fingerprint density at radius 2 is 1.88 bits per heavy atom. The Morgan fingerprint density at radius 3 is 2.29 bits per heavy atom. The molecule has 0 saturated heterocycles. The molecule has 0 spiro atoms. The van der Waals surface area contributed by atoms with Crippen molar-refractivity contribution in [1.82, 2.24) is 5.32 Å². The van der Waals surface area contributed by atoms with Crippen LogP contribution in [0.15, 0.2) is 0 Å². The maximum atomic E-state index is 11.1. The van der Waals surface area contributed by atoms with Gasteiger partial charge in [-0.05, 0) is 25.8 Å². The van der Waals surface area contributed by atoms with E-state index in [-0.39, 0.29) is 18.8 Å². The van der Waals surface area contributed by atoms with E-state index in [1.165, 1.54) is 0 Å². The van der Waals surface area contributed by atoms with Crippen LogP contribution in [0, 0.1) is 0 Å². The molecule has 6 N–H and O–H groups in total. The third-order valence-electron chi connectivity index (χ3n) is 2.04. The van der Waals surface area contributed by atoms with Gasteiger partial charge in [-0.1, -0.05) is 0 Å². The van der Waals surface area contributed by atoms with Crippen molar-refractivity contribution in [2.45, 2.75) is 31.4 Å². The molecule has 17 heavy (non-hydrogen) atoms. The number of hydrogen-bond acceptors (Lipinski definition) is 5. The third-order valence-corrected chi connectivity index (χ3v) is 2.04. The molecule has 0 aliphatic rings. The Hall–Kier alpha value is -0.890. The molecule has 2 unspecified atom stereocenters. The largest absolute Gasteiger partial charge is 0.480 e. The zero-order valence-electron chi connectivity index (χ0n) is 9.33. The fourth-order valence-corrected chi connectivity index (χ4v) is 1.10. The second-order valence-electron chi connectivity index (χ2n) is 3.38. The lowest BCUT2D eigenvalue weighted by Gasteiger charge is -2.16. The average Bonchev–Trinajstić information content (AvgIpc) is 2.26. The van der Waals surface area contributed by atoms with Crippen LogP contribution in [0.1, 0.15) is 19.3 Å². The molecule has 0 aromatic carbocycles. The van der Waals surface area contributed by atoms with Crippen molar-refractivity contribution in [1.29, 1.82) is 0 Å². The van der Waals surface area contributed by atoms with E-state index < -0.39 is 30.6 Å². The van der Waals surface area contributed by atoms with Gasteiger partial charge < -0.3 is 26.4 Å². The lowest BCUT2D eigenvalue weighted by molar-refractivity contribution is -0.144. The summed E-state index contributed by atoms with van der Waals surface area (Å²) in [7, 11) is 0. The summed E-state index contributed by atoms with van der Waals surface area (Å²) in [5.41, 5.74) is 5.25. The molecule has 0 aliphatic heterocycles. The fourth-order valence-electron chi connectivity index (χ4n) is 1.10. The topological polar surface area (TPSA) is 133 Å². The minimum absolute atomic E-state index is 0. The summed E-state index contributed by atoms with van der Waals surface area (Å²) in [6.07, 6.45) is -0.0990. The second-order valence-corrected chi connectivity index (χ2v) is 3.38.